The molecule has 4 heterocycles. The monoisotopic (exact) mass is 496 g/mol. The van der Waals surface area contributed by atoms with Gasteiger partial charge in [-0.25, -0.2) is 4.79 Å². The van der Waals surface area contributed by atoms with E-state index in [1.807, 2.05) is 17.0 Å². The van der Waals surface area contributed by atoms with Crippen molar-refractivity contribution in [1.29, 1.82) is 0 Å². The zero-order chi connectivity index (χ0) is 25.2. The van der Waals surface area contributed by atoms with Gasteiger partial charge in [-0.15, -0.1) is 0 Å². The number of nitrogens with zero attached hydrogens (tertiary/aromatic N) is 4. The Morgan fingerprint density at radius 1 is 1.03 bits per heavy atom. The van der Waals surface area contributed by atoms with Gasteiger partial charge in [0.1, 0.15) is 6.04 Å². The number of likely N-dealkylation sites (tertiary alicyclic amines) is 2. The number of rotatable bonds is 7. The molecule has 3 aliphatic heterocycles. The molecule has 0 radical (unpaired) electrons. The van der Waals surface area contributed by atoms with Crippen molar-refractivity contribution in [2.45, 2.75) is 57.2 Å². The molecule has 3 saturated heterocycles. The zero-order valence-corrected chi connectivity index (χ0v) is 20.9. The lowest BCUT2D eigenvalue weighted by Crippen LogP contribution is -2.45. The fraction of sp³-hybridized carbons (Fsp3) is 0.615. The first-order chi connectivity index (χ1) is 17.4. The van der Waals surface area contributed by atoms with E-state index < -0.39 is 11.9 Å². The SMILES string of the molecule is Cn1c(=O)n(C2CCC(=O)NC2=O)c2cccc(CN3CCC(NCC4CCN(C=O)CC4)CC3)c21. The lowest BCUT2D eigenvalue weighted by atomic mass is 9.96. The van der Waals surface area contributed by atoms with E-state index in [0.29, 0.717) is 18.4 Å². The standard InChI is InChI=1S/C26H36N6O4/c1-29-24-19(3-2-4-21(24)32(26(29)36)22-5-6-23(34)28-25(22)35)16-30-13-9-20(10-14-30)27-15-18-7-11-31(17-33)12-8-18/h2-4,17-18,20,22,27H,5-16H2,1H3,(H,28,34,35). The highest BCUT2D eigenvalue weighted by Gasteiger charge is 2.32. The number of benzene rings is 1. The fourth-order valence-corrected chi connectivity index (χ4v) is 6.01. The minimum Gasteiger partial charge on any atom is -0.345 e. The summed E-state index contributed by atoms with van der Waals surface area (Å²) in [6, 6.07) is 5.75. The highest BCUT2D eigenvalue weighted by molar-refractivity contribution is 6.00. The van der Waals surface area contributed by atoms with Gasteiger partial charge in [-0.3, -0.25) is 33.7 Å². The third-order valence-electron chi connectivity index (χ3n) is 8.18. The molecular weight excluding hydrogens is 460 g/mol. The second kappa shape index (κ2) is 10.6. The van der Waals surface area contributed by atoms with E-state index in [1.165, 1.54) is 0 Å². The summed E-state index contributed by atoms with van der Waals surface area (Å²) >= 11 is 0. The molecule has 194 valence electrons. The van der Waals surface area contributed by atoms with E-state index in [9.17, 15) is 19.2 Å². The minimum absolute atomic E-state index is 0.228. The van der Waals surface area contributed by atoms with Gasteiger partial charge in [0, 0.05) is 39.1 Å². The predicted molar refractivity (Wildman–Crippen MR) is 135 cm³/mol. The van der Waals surface area contributed by atoms with Crippen LogP contribution in [0, 0.1) is 5.92 Å². The number of para-hydroxylation sites is 1. The molecule has 2 N–H and O–H groups in total. The van der Waals surface area contributed by atoms with Gasteiger partial charge in [-0.05, 0) is 69.3 Å². The molecule has 3 aliphatic rings. The zero-order valence-electron chi connectivity index (χ0n) is 20.9. The maximum absolute atomic E-state index is 13.2. The van der Waals surface area contributed by atoms with Crippen LogP contribution in [0.2, 0.25) is 0 Å². The summed E-state index contributed by atoms with van der Waals surface area (Å²) < 4.78 is 3.19. The first-order valence-corrected chi connectivity index (χ1v) is 13.1. The van der Waals surface area contributed by atoms with Crippen LogP contribution < -0.4 is 16.3 Å². The highest BCUT2D eigenvalue weighted by atomic mass is 16.2. The highest BCUT2D eigenvalue weighted by Crippen LogP contribution is 2.26. The number of imide groups is 1. The quantitative estimate of drug-likeness (QED) is 0.432. The molecule has 36 heavy (non-hydrogen) atoms. The van der Waals surface area contributed by atoms with Gasteiger partial charge >= 0.3 is 5.69 Å². The average Bonchev–Trinajstić information content (AvgIpc) is 3.14. The molecule has 3 amide bonds. The number of hydrogen-bond acceptors (Lipinski definition) is 6. The van der Waals surface area contributed by atoms with Crippen molar-refractivity contribution < 1.29 is 14.4 Å². The van der Waals surface area contributed by atoms with E-state index in [1.54, 1.807) is 16.2 Å². The Hall–Kier alpha value is -2.98. The summed E-state index contributed by atoms with van der Waals surface area (Å²) in [5.41, 5.74) is 2.45. The Morgan fingerprint density at radius 3 is 2.47 bits per heavy atom. The van der Waals surface area contributed by atoms with Gasteiger partial charge in [0.15, 0.2) is 0 Å². The molecule has 1 aromatic carbocycles. The number of aryl methyl sites for hydroxylation is 1. The number of carbonyl (C=O) groups is 3. The van der Waals surface area contributed by atoms with Gasteiger partial charge in [-0.2, -0.15) is 0 Å². The van der Waals surface area contributed by atoms with Gasteiger partial charge in [0.2, 0.25) is 18.2 Å². The number of nitrogens with one attached hydrogen (secondary N) is 2. The topological polar surface area (TPSA) is 109 Å². The van der Waals surface area contributed by atoms with Crippen LogP contribution in [-0.4, -0.2) is 75.9 Å². The number of imidazole rings is 1. The van der Waals surface area contributed by atoms with E-state index in [-0.39, 0.29) is 18.0 Å². The molecule has 0 aliphatic carbocycles. The second-order valence-corrected chi connectivity index (χ2v) is 10.5. The molecule has 5 rings (SSSR count). The van der Waals surface area contributed by atoms with Crippen molar-refractivity contribution in [3.8, 4) is 0 Å². The number of hydrogen-bond donors (Lipinski definition) is 2. The summed E-state index contributed by atoms with van der Waals surface area (Å²) in [7, 11) is 1.76. The lowest BCUT2D eigenvalue weighted by molar-refractivity contribution is -0.135. The Bertz CT molecular complexity index is 1190. The Kier molecular flexibility index (Phi) is 7.25. The van der Waals surface area contributed by atoms with Crippen LogP contribution in [0.15, 0.2) is 23.0 Å². The third-order valence-corrected chi connectivity index (χ3v) is 8.18. The second-order valence-electron chi connectivity index (χ2n) is 10.5. The lowest BCUT2D eigenvalue weighted by Gasteiger charge is -2.35. The van der Waals surface area contributed by atoms with Crippen molar-refractivity contribution in [2.75, 3.05) is 32.7 Å². The molecular formula is C26H36N6O4. The van der Waals surface area contributed by atoms with Gasteiger partial charge < -0.3 is 10.2 Å². The summed E-state index contributed by atoms with van der Waals surface area (Å²) in [4.78, 5) is 52.5. The summed E-state index contributed by atoms with van der Waals surface area (Å²) in [5.74, 6) is -0.0481. The van der Waals surface area contributed by atoms with Crippen LogP contribution in [0.1, 0.15) is 50.1 Å². The molecule has 2 aromatic rings. The van der Waals surface area contributed by atoms with E-state index >= 15 is 0 Å². The van der Waals surface area contributed by atoms with Gasteiger partial charge in [-0.1, -0.05) is 12.1 Å². The maximum Gasteiger partial charge on any atom is 0.329 e. The van der Waals surface area contributed by atoms with E-state index in [4.69, 9.17) is 0 Å². The normalized spacial score (nSPS) is 22.8. The molecule has 10 heteroatoms. The van der Waals surface area contributed by atoms with Crippen LogP contribution in [0.5, 0.6) is 0 Å². The Balaban J connectivity index is 1.22. The predicted octanol–water partition coefficient (Wildman–Crippen LogP) is 0.740. The molecule has 0 bridgehead atoms. The molecule has 3 fully saturated rings. The Morgan fingerprint density at radius 2 is 1.78 bits per heavy atom. The van der Waals surface area contributed by atoms with Crippen molar-refractivity contribution in [1.82, 2.24) is 29.6 Å². The van der Waals surface area contributed by atoms with Crippen LogP contribution in [0.3, 0.4) is 0 Å². The van der Waals surface area contributed by atoms with Crippen LogP contribution in [0.4, 0.5) is 0 Å². The molecule has 1 atom stereocenters. The van der Waals surface area contributed by atoms with Crippen molar-refractivity contribution in [3.05, 3.63) is 34.2 Å². The molecule has 1 aromatic heterocycles. The number of aromatic nitrogens is 2. The third kappa shape index (κ3) is 4.97. The van der Waals surface area contributed by atoms with Crippen LogP contribution >= 0.6 is 0 Å². The van der Waals surface area contributed by atoms with Crippen molar-refractivity contribution >= 4 is 29.3 Å². The summed E-state index contributed by atoms with van der Waals surface area (Å²) in [5, 5.41) is 6.13. The molecule has 10 nitrogen and oxygen atoms in total. The summed E-state index contributed by atoms with van der Waals surface area (Å²) in [6.07, 6.45) is 5.85. The first kappa shape index (κ1) is 24.7. The maximum atomic E-state index is 13.2. The smallest absolute Gasteiger partial charge is 0.329 e. The van der Waals surface area contributed by atoms with Gasteiger partial charge in [0.25, 0.3) is 0 Å². The number of fused-ring (bicyclic) bond motifs is 1. The van der Waals surface area contributed by atoms with E-state index in [0.717, 1.165) is 88.0 Å². The van der Waals surface area contributed by atoms with E-state index in [2.05, 4.69) is 21.6 Å². The summed E-state index contributed by atoms with van der Waals surface area (Å²) in [6.45, 7) is 5.48. The fourth-order valence-electron chi connectivity index (χ4n) is 6.01. The van der Waals surface area contributed by atoms with Crippen LogP contribution in [-0.2, 0) is 28.0 Å². The van der Waals surface area contributed by atoms with Gasteiger partial charge in [0.05, 0.1) is 11.0 Å². The largest absolute Gasteiger partial charge is 0.345 e. The number of carbonyl (C=O) groups excluding carboxylic acids is 3. The van der Waals surface area contributed by atoms with Crippen molar-refractivity contribution in [3.63, 3.8) is 0 Å². The number of amides is 3. The molecule has 0 spiro atoms. The van der Waals surface area contributed by atoms with Crippen molar-refractivity contribution in [2.24, 2.45) is 13.0 Å². The number of piperidine rings is 3. The average molecular weight is 497 g/mol. The first-order valence-electron chi connectivity index (χ1n) is 13.1. The Labute approximate surface area is 210 Å². The minimum atomic E-state index is -0.665. The molecule has 0 saturated carbocycles. The van der Waals surface area contributed by atoms with Crippen LogP contribution in [0.25, 0.3) is 11.0 Å². The molecule has 1 unspecified atom stereocenters.